The number of benzene rings is 1. The zero-order valence-corrected chi connectivity index (χ0v) is 12.1. The highest BCUT2D eigenvalue weighted by molar-refractivity contribution is 9.09. The quantitative estimate of drug-likeness (QED) is 0.800. The van der Waals surface area contributed by atoms with Crippen LogP contribution in [0, 0.1) is 0 Å². The van der Waals surface area contributed by atoms with Crippen molar-refractivity contribution in [2.75, 3.05) is 5.33 Å². The highest BCUT2D eigenvalue weighted by atomic mass is 79.9. The van der Waals surface area contributed by atoms with Crippen LogP contribution >= 0.6 is 15.9 Å². The van der Waals surface area contributed by atoms with Gasteiger partial charge in [0.05, 0.1) is 0 Å². The maximum Gasteiger partial charge on any atom is 0.251 e. The topological polar surface area (TPSA) is 29.1 Å². The van der Waals surface area contributed by atoms with E-state index in [1.165, 1.54) is 0 Å². The number of hydrogen-bond donors (Lipinski definition) is 1. The summed E-state index contributed by atoms with van der Waals surface area (Å²) in [6.45, 7) is 4.17. The molecule has 0 heterocycles. The van der Waals surface area contributed by atoms with Crippen LogP contribution in [0.25, 0.3) is 0 Å². The smallest absolute Gasteiger partial charge is 0.251 e. The first-order valence-electron chi connectivity index (χ1n) is 6.17. The molecule has 1 unspecified atom stereocenters. The molecule has 17 heavy (non-hydrogen) atoms. The zero-order chi connectivity index (χ0) is 12.7. The minimum absolute atomic E-state index is 0.0512. The van der Waals surface area contributed by atoms with Crippen molar-refractivity contribution in [2.24, 2.45) is 0 Å². The van der Waals surface area contributed by atoms with Gasteiger partial charge in [-0.1, -0.05) is 48.0 Å². The van der Waals surface area contributed by atoms with E-state index in [1.54, 1.807) is 0 Å². The van der Waals surface area contributed by atoms with Crippen LogP contribution in [0.5, 0.6) is 0 Å². The lowest BCUT2D eigenvalue weighted by atomic mass is 10.0. The highest BCUT2D eigenvalue weighted by Crippen LogP contribution is 2.10. The predicted octanol–water partition coefficient (Wildman–Crippen LogP) is 3.54. The Morgan fingerprint density at radius 3 is 2.65 bits per heavy atom. The van der Waals surface area contributed by atoms with E-state index in [-0.39, 0.29) is 11.9 Å². The molecule has 3 heteroatoms. The molecule has 0 radical (unpaired) electrons. The molecule has 0 saturated carbocycles. The molecule has 0 saturated heterocycles. The first kappa shape index (κ1) is 14.2. The van der Waals surface area contributed by atoms with E-state index in [0.717, 1.165) is 35.7 Å². The van der Waals surface area contributed by atoms with Gasteiger partial charge >= 0.3 is 0 Å². The van der Waals surface area contributed by atoms with Crippen molar-refractivity contribution in [1.29, 1.82) is 0 Å². The number of carbonyl (C=O) groups excluding carboxylic acids is 1. The number of amides is 1. The number of nitrogens with one attached hydrogen (secondary N) is 1. The molecule has 1 atom stereocenters. The molecule has 0 bridgehead atoms. The number of rotatable bonds is 6. The summed E-state index contributed by atoms with van der Waals surface area (Å²) in [5.41, 5.74) is 1.92. The summed E-state index contributed by atoms with van der Waals surface area (Å²) >= 11 is 3.41. The van der Waals surface area contributed by atoms with E-state index in [2.05, 4.69) is 35.1 Å². The van der Waals surface area contributed by atoms with Crippen LogP contribution < -0.4 is 5.32 Å². The fourth-order valence-electron chi connectivity index (χ4n) is 1.82. The highest BCUT2D eigenvalue weighted by Gasteiger charge is 2.13. The lowest BCUT2D eigenvalue weighted by Gasteiger charge is -2.16. The van der Waals surface area contributed by atoms with Crippen LogP contribution in [-0.4, -0.2) is 17.3 Å². The standard InChI is InChI=1S/C14H20BrNO/c1-3-11-7-5-6-8-13(11)14(17)16-12(4-2)9-10-15/h5-8,12H,3-4,9-10H2,1-2H3,(H,16,17). The van der Waals surface area contributed by atoms with Crippen molar-refractivity contribution in [3.63, 3.8) is 0 Å². The maximum atomic E-state index is 12.1. The molecule has 1 aromatic rings. The molecule has 0 aliphatic heterocycles. The van der Waals surface area contributed by atoms with E-state index < -0.39 is 0 Å². The fourth-order valence-corrected chi connectivity index (χ4v) is 2.38. The largest absolute Gasteiger partial charge is 0.349 e. The molecule has 0 aromatic heterocycles. The summed E-state index contributed by atoms with van der Waals surface area (Å²) < 4.78 is 0. The van der Waals surface area contributed by atoms with Crippen molar-refractivity contribution in [1.82, 2.24) is 5.32 Å². The third kappa shape index (κ3) is 4.15. The van der Waals surface area contributed by atoms with Crippen molar-refractivity contribution in [2.45, 2.75) is 39.2 Å². The van der Waals surface area contributed by atoms with Crippen molar-refractivity contribution in [3.05, 3.63) is 35.4 Å². The van der Waals surface area contributed by atoms with Gasteiger partial charge < -0.3 is 5.32 Å². The summed E-state index contributed by atoms with van der Waals surface area (Å²) in [5.74, 6) is 0.0512. The van der Waals surface area contributed by atoms with Gasteiger partial charge in [-0.05, 0) is 30.9 Å². The van der Waals surface area contributed by atoms with Gasteiger partial charge in [-0.15, -0.1) is 0 Å². The molecule has 1 amide bonds. The molecule has 94 valence electrons. The Labute approximate surface area is 112 Å². The monoisotopic (exact) mass is 297 g/mol. The lowest BCUT2D eigenvalue weighted by molar-refractivity contribution is 0.0934. The van der Waals surface area contributed by atoms with Crippen LogP contribution in [-0.2, 0) is 6.42 Å². The summed E-state index contributed by atoms with van der Waals surface area (Å²) in [6, 6.07) is 8.06. The molecule has 1 rings (SSSR count). The van der Waals surface area contributed by atoms with Gasteiger partial charge in [0.25, 0.3) is 5.91 Å². The molecule has 0 aliphatic carbocycles. The van der Waals surface area contributed by atoms with E-state index in [4.69, 9.17) is 0 Å². The second-order valence-corrected chi connectivity index (χ2v) is 4.86. The van der Waals surface area contributed by atoms with Gasteiger partial charge in [0.1, 0.15) is 0 Å². The van der Waals surface area contributed by atoms with Gasteiger partial charge in [-0.25, -0.2) is 0 Å². The Morgan fingerprint density at radius 1 is 1.35 bits per heavy atom. The average Bonchev–Trinajstić information content (AvgIpc) is 2.38. The summed E-state index contributed by atoms with van der Waals surface area (Å²) in [6.07, 6.45) is 2.82. The first-order valence-corrected chi connectivity index (χ1v) is 7.29. The minimum atomic E-state index is 0.0512. The fraction of sp³-hybridized carbons (Fsp3) is 0.500. The molecule has 1 N–H and O–H groups in total. The maximum absolute atomic E-state index is 12.1. The SMILES string of the molecule is CCc1ccccc1C(=O)NC(CC)CCBr. The third-order valence-electron chi connectivity index (χ3n) is 2.93. The molecule has 0 aliphatic rings. The number of hydrogen-bond acceptors (Lipinski definition) is 1. The van der Waals surface area contributed by atoms with E-state index in [9.17, 15) is 4.79 Å². The molecule has 0 fully saturated rings. The number of aryl methyl sites for hydroxylation is 1. The van der Waals surface area contributed by atoms with Gasteiger partial charge in [0, 0.05) is 16.9 Å². The lowest BCUT2D eigenvalue weighted by Crippen LogP contribution is -2.35. The average molecular weight is 298 g/mol. The third-order valence-corrected chi connectivity index (χ3v) is 3.39. The van der Waals surface area contributed by atoms with Gasteiger partial charge in [0.15, 0.2) is 0 Å². The van der Waals surface area contributed by atoms with Crippen LogP contribution in [0.2, 0.25) is 0 Å². The predicted molar refractivity (Wildman–Crippen MR) is 75.8 cm³/mol. The van der Waals surface area contributed by atoms with E-state index in [0.29, 0.717) is 0 Å². The number of halogens is 1. The summed E-state index contributed by atoms with van der Waals surface area (Å²) in [5, 5.41) is 4.01. The second-order valence-electron chi connectivity index (χ2n) is 4.07. The summed E-state index contributed by atoms with van der Waals surface area (Å²) in [4.78, 5) is 12.1. The molecular weight excluding hydrogens is 278 g/mol. The Bertz CT molecular complexity index is 365. The zero-order valence-electron chi connectivity index (χ0n) is 10.5. The van der Waals surface area contributed by atoms with E-state index >= 15 is 0 Å². The molecule has 0 spiro atoms. The summed E-state index contributed by atoms with van der Waals surface area (Å²) in [7, 11) is 0. The van der Waals surface area contributed by atoms with Gasteiger partial charge in [-0.2, -0.15) is 0 Å². The normalized spacial score (nSPS) is 12.2. The Kier molecular flexibility index (Phi) is 6.27. The first-order chi connectivity index (χ1) is 8.22. The minimum Gasteiger partial charge on any atom is -0.349 e. The Hall–Kier alpha value is -0.830. The van der Waals surface area contributed by atoms with E-state index in [1.807, 2.05) is 24.3 Å². The Morgan fingerprint density at radius 2 is 2.06 bits per heavy atom. The Balaban J connectivity index is 2.75. The molecule has 2 nitrogen and oxygen atoms in total. The van der Waals surface area contributed by atoms with Crippen molar-refractivity contribution in [3.8, 4) is 0 Å². The number of alkyl halides is 1. The number of carbonyl (C=O) groups is 1. The van der Waals surface area contributed by atoms with Crippen molar-refractivity contribution < 1.29 is 4.79 Å². The molecule has 1 aromatic carbocycles. The van der Waals surface area contributed by atoms with Crippen LogP contribution in [0.3, 0.4) is 0 Å². The molecular formula is C14H20BrNO. The van der Waals surface area contributed by atoms with Crippen LogP contribution in [0.1, 0.15) is 42.6 Å². The van der Waals surface area contributed by atoms with Crippen LogP contribution in [0.4, 0.5) is 0 Å². The van der Waals surface area contributed by atoms with Gasteiger partial charge in [0.2, 0.25) is 0 Å². The van der Waals surface area contributed by atoms with Crippen molar-refractivity contribution >= 4 is 21.8 Å². The van der Waals surface area contributed by atoms with Gasteiger partial charge in [-0.3, -0.25) is 4.79 Å². The van der Waals surface area contributed by atoms with Crippen LogP contribution in [0.15, 0.2) is 24.3 Å². The second kappa shape index (κ2) is 7.49.